The van der Waals surface area contributed by atoms with Crippen LogP contribution < -0.4 is 4.90 Å². The third-order valence-electron chi connectivity index (χ3n) is 5.19. The maximum absolute atomic E-state index is 13.7. The number of para-hydroxylation sites is 1. The quantitative estimate of drug-likeness (QED) is 0.685. The minimum atomic E-state index is -4.63. The Bertz CT molecular complexity index is 1160. The average molecular weight is 469 g/mol. The summed E-state index contributed by atoms with van der Waals surface area (Å²) in [5.74, 6) is -0.925. The Morgan fingerprint density at radius 1 is 1.16 bits per heavy atom. The molecule has 0 radical (unpaired) electrons. The first-order chi connectivity index (χ1) is 14.5. The SMILES string of the molecule is Cc1cccc(CC(=O)N=C2S[C@H]3CS(=O)(=O)C[C@H]3N2c2ccccc2C(F)(F)F)c1. The highest BCUT2D eigenvalue weighted by atomic mass is 32.2. The molecule has 1 amide bonds. The molecule has 31 heavy (non-hydrogen) atoms. The van der Waals surface area contributed by atoms with Gasteiger partial charge in [0.1, 0.15) is 0 Å². The molecule has 2 aromatic rings. The first-order valence-corrected chi connectivity index (χ1v) is 12.2. The first kappa shape index (κ1) is 21.9. The molecule has 2 aliphatic rings. The van der Waals surface area contributed by atoms with Crippen molar-refractivity contribution in [2.75, 3.05) is 16.4 Å². The van der Waals surface area contributed by atoms with Crippen LogP contribution >= 0.6 is 11.8 Å². The van der Waals surface area contributed by atoms with Gasteiger partial charge in [0.2, 0.25) is 0 Å². The largest absolute Gasteiger partial charge is 0.418 e. The van der Waals surface area contributed by atoms with E-state index in [0.717, 1.165) is 29.0 Å². The number of rotatable bonds is 3. The van der Waals surface area contributed by atoms with Crippen molar-refractivity contribution in [1.82, 2.24) is 0 Å². The van der Waals surface area contributed by atoms with Crippen LogP contribution in [0, 0.1) is 6.92 Å². The summed E-state index contributed by atoms with van der Waals surface area (Å²) >= 11 is 1.06. The summed E-state index contributed by atoms with van der Waals surface area (Å²) in [4.78, 5) is 18.0. The van der Waals surface area contributed by atoms with Crippen molar-refractivity contribution in [3.05, 3.63) is 65.2 Å². The minimum Gasteiger partial charge on any atom is -0.315 e. The van der Waals surface area contributed by atoms with Crippen LogP contribution in [0.3, 0.4) is 0 Å². The number of aliphatic imine (C=N–C) groups is 1. The highest BCUT2D eigenvalue weighted by Crippen LogP contribution is 2.45. The molecule has 0 bridgehead atoms. The molecule has 2 saturated heterocycles. The Kier molecular flexibility index (Phi) is 5.63. The van der Waals surface area contributed by atoms with Crippen molar-refractivity contribution in [3.63, 3.8) is 0 Å². The van der Waals surface area contributed by atoms with Gasteiger partial charge in [-0.05, 0) is 24.6 Å². The molecule has 2 aromatic carbocycles. The van der Waals surface area contributed by atoms with E-state index in [-0.39, 0.29) is 28.8 Å². The van der Waals surface area contributed by atoms with Crippen molar-refractivity contribution in [1.29, 1.82) is 0 Å². The first-order valence-electron chi connectivity index (χ1n) is 9.53. The van der Waals surface area contributed by atoms with E-state index in [0.29, 0.717) is 0 Å². The maximum atomic E-state index is 13.7. The Morgan fingerprint density at radius 3 is 2.61 bits per heavy atom. The number of thioether (sulfide) groups is 1. The van der Waals surface area contributed by atoms with Gasteiger partial charge in [0.25, 0.3) is 5.91 Å². The van der Waals surface area contributed by atoms with Crippen LogP contribution in [0.4, 0.5) is 18.9 Å². The lowest BCUT2D eigenvalue weighted by atomic mass is 10.1. The van der Waals surface area contributed by atoms with E-state index in [9.17, 15) is 26.4 Å². The van der Waals surface area contributed by atoms with Gasteiger partial charge in [-0.2, -0.15) is 18.2 Å². The second kappa shape index (κ2) is 7.98. The third-order valence-corrected chi connectivity index (χ3v) is 8.40. The molecule has 5 nitrogen and oxygen atoms in total. The van der Waals surface area contributed by atoms with Gasteiger partial charge in [0.15, 0.2) is 15.0 Å². The summed E-state index contributed by atoms with van der Waals surface area (Å²) in [5.41, 5.74) is 0.657. The minimum absolute atomic E-state index is 0.00807. The lowest BCUT2D eigenvalue weighted by Gasteiger charge is -2.27. The zero-order valence-electron chi connectivity index (χ0n) is 16.5. The molecule has 2 heterocycles. The fourth-order valence-corrected chi connectivity index (χ4v) is 7.84. The summed E-state index contributed by atoms with van der Waals surface area (Å²) in [6.07, 6.45) is -4.62. The van der Waals surface area contributed by atoms with E-state index >= 15 is 0 Å². The number of alkyl halides is 3. The Labute approximate surface area is 182 Å². The van der Waals surface area contributed by atoms with Crippen molar-refractivity contribution >= 4 is 38.4 Å². The van der Waals surface area contributed by atoms with Gasteiger partial charge in [-0.15, -0.1) is 0 Å². The van der Waals surface area contributed by atoms with Crippen molar-refractivity contribution in [3.8, 4) is 0 Å². The number of hydrogen-bond acceptors (Lipinski definition) is 4. The zero-order chi connectivity index (χ0) is 22.4. The number of carbonyl (C=O) groups excluding carboxylic acids is 1. The summed E-state index contributed by atoms with van der Waals surface area (Å²) in [5, 5.41) is -0.365. The molecule has 0 saturated carbocycles. The predicted molar refractivity (Wildman–Crippen MR) is 115 cm³/mol. The van der Waals surface area contributed by atoms with Crippen molar-refractivity contribution < 1.29 is 26.4 Å². The predicted octanol–water partition coefficient (Wildman–Crippen LogP) is 3.86. The number of aryl methyl sites for hydroxylation is 1. The molecule has 0 unspecified atom stereocenters. The number of carbonyl (C=O) groups is 1. The smallest absolute Gasteiger partial charge is 0.315 e. The second-order valence-electron chi connectivity index (χ2n) is 7.64. The number of amidine groups is 1. The van der Waals surface area contributed by atoms with Crippen LogP contribution in [0.5, 0.6) is 0 Å². The zero-order valence-corrected chi connectivity index (χ0v) is 18.1. The fourth-order valence-electron chi connectivity index (χ4n) is 3.91. The van der Waals surface area contributed by atoms with Crippen LogP contribution in [0.1, 0.15) is 16.7 Å². The third kappa shape index (κ3) is 4.64. The number of halogens is 3. The van der Waals surface area contributed by atoms with Crippen molar-refractivity contribution in [2.45, 2.75) is 30.8 Å². The van der Waals surface area contributed by atoms with Crippen LogP contribution in [0.15, 0.2) is 53.5 Å². The molecule has 164 valence electrons. The van der Waals surface area contributed by atoms with Gasteiger partial charge in [0, 0.05) is 5.25 Å². The van der Waals surface area contributed by atoms with Gasteiger partial charge in [-0.25, -0.2) is 8.42 Å². The molecule has 0 spiro atoms. The molecule has 4 rings (SSSR count). The molecular weight excluding hydrogens is 449 g/mol. The van der Waals surface area contributed by atoms with E-state index < -0.39 is 38.8 Å². The molecular formula is C21H19F3N2O3S2. The van der Waals surface area contributed by atoms with Gasteiger partial charge in [-0.3, -0.25) is 4.79 Å². The molecule has 0 N–H and O–H groups in total. The highest BCUT2D eigenvalue weighted by Gasteiger charge is 2.51. The molecule has 2 atom stereocenters. The van der Waals surface area contributed by atoms with Crippen LogP contribution in [-0.4, -0.2) is 42.3 Å². The van der Waals surface area contributed by atoms with Gasteiger partial charge in [0.05, 0.1) is 35.2 Å². The number of benzene rings is 2. The summed E-state index contributed by atoms with van der Waals surface area (Å²) in [6, 6.07) is 11.6. The number of amides is 1. The number of fused-ring (bicyclic) bond motifs is 1. The Morgan fingerprint density at radius 2 is 1.90 bits per heavy atom. The fraction of sp³-hybridized carbons (Fsp3) is 0.333. The van der Waals surface area contributed by atoms with E-state index in [2.05, 4.69) is 4.99 Å². The molecule has 2 aliphatic heterocycles. The van der Waals surface area contributed by atoms with E-state index in [1.165, 1.54) is 23.1 Å². The molecule has 2 fully saturated rings. The summed E-state index contributed by atoms with van der Waals surface area (Å²) in [6.45, 7) is 1.89. The lowest BCUT2D eigenvalue weighted by molar-refractivity contribution is -0.137. The number of sulfone groups is 1. The molecule has 0 aliphatic carbocycles. The van der Waals surface area contributed by atoms with Gasteiger partial charge < -0.3 is 4.90 Å². The number of anilines is 1. The molecule has 0 aromatic heterocycles. The van der Waals surface area contributed by atoms with E-state index in [4.69, 9.17) is 0 Å². The number of nitrogens with zero attached hydrogens (tertiary/aromatic N) is 2. The summed E-state index contributed by atoms with van der Waals surface area (Å²) < 4.78 is 65.2. The van der Waals surface area contributed by atoms with E-state index in [1.807, 2.05) is 25.1 Å². The van der Waals surface area contributed by atoms with Crippen LogP contribution in [0.25, 0.3) is 0 Å². The van der Waals surface area contributed by atoms with Crippen LogP contribution in [-0.2, 0) is 27.2 Å². The highest BCUT2D eigenvalue weighted by molar-refractivity contribution is 8.16. The normalized spacial score (nSPS) is 23.9. The average Bonchev–Trinajstić information content (AvgIpc) is 3.11. The molecule has 10 heteroatoms. The standard InChI is InChI=1S/C21H19F3N2O3S2/c1-13-5-4-6-14(9-13)10-19(27)25-20-26(17-11-31(28,29)12-18(17)30-20)16-8-3-2-7-15(16)21(22,23)24/h2-9,17-18H,10-12H2,1H3/t17-,18+/m1/s1. The summed E-state index contributed by atoms with van der Waals surface area (Å²) in [7, 11) is -3.38. The van der Waals surface area contributed by atoms with Crippen molar-refractivity contribution in [2.24, 2.45) is 4.99 Å². The Balaban J connectivity index is 1.72. The topological polar surface area (TPSA) is 66.8 Å². The van der Waals surface area contributed by atoms with Crippen LogP contribution in [0.2, 0.25) is 0 Å². The number of hydrogen-bond donors (Lipinski definition) is 0. The van der Waals surface area contributed by atoms with E-state index in [1.54, 1.807) is 6.07 Å². The second-order valence-corrected chi connectivity index (χ2v) is 11.0. The maximum Gasteiger partial charge on any atom is 0.418 e. The Hall–Kier alpha value is -2.33. The lowest BCUT2D eigenvalue weighted by Crippen LogP contribution is -2.39. The monoisotopic (exact) mass is 468 g/mol. The van der Waals surface area contributed by atoms with Gasteiger partial charge >= 0.3 is 6.18 Å². The van der Waals surface area contributed by atoms with Gasteiger partial charge in [-0.1, -0.05) is 53.7 Å².